The van der Waals surface area contributed by atoms with Crippen LogP contribution in [0.2, 0.25) is 0 Å². The molecule has 32 heavy (non-hydrogen) atoms. The minimum atomic E-state index is -0.863. The highest BCUT2D eigenvalue weighted by Crippen LogP contribution is 2.31. The van der Waals surface area contributed by atoms with Gasteiger partial charge < -0.3 is 4.74 Å². The molecule has 8 nitrogen and oxygen atoms in total. The van der Waals surface area contributed by atoms with Crippen LogP contribution < -0.4 is 10.9 Å². The predicted molar refractivity (Wildman–Crippen MR) is 121 cm³/mol. The van der Waals surface area contributed by atoms with Crippen molar-refractivity contribution in [3.8, 4) is 0 Å². The molecule has 1 aliphatic rings. The lowest BCUT2D eigenvalue weighted by Crippen LogP contribution is -2.53. The first-order valence-corrected chi connectivity index (χ1v) is 10.8. The minimum Gasteiger partial charge on any atom is -0.465 e. The van der Waals surface area contributed by atoms with Crippen molar-refractivity contribution in [2.24, 2.45) is 7.05 Å². The number of esters is 1. The Balaban J connectivity index is 1.56. The van der Waals surface area contributed by atoms with Crippen molar-refractivity contribution in [2.45, 2.75) is 38.8 Å². The van der Waals surface area contributed by atoms with Crippen molar-refractivity contribution in [2.75, 3.05) is 6.61 Å². The molecule has 4 aromatic rings. The van der Waals surface area contributed by atoms with Gasteiger partial charge in [0, 0.05) is 19.9 Å². The van der Waals surface area contributed by atoms with Gasteiger partial charge in [-0.05, 0) is 37.1 Å². The molecule has 0 saturated heterocycles. The molecule has 8 heteroatoms. The molecule has 0 saturated carbocycles. The molecule has 0 atom stereocenters. The molecule has 0 radical (unpaired) electrons. The summed E-state index contributed by atoms with van der Waals surface area (Å²) in [5.41, 5.74) is 3.06. The first kappa shape index (κ1) is 20.4. The highest BCUT2D eigenvalue weighted by molar-refractivity contribution is 5.83. The molecule has 0 fully saturated rings. The van der Waals surface area contributed by atoms with Gasteiger partial charge in [0.25, 0.3) is 5.56 Å². The topological polar surface area (TPSA) is 90.5 Å². The number of aryl methyl sites for hydroxylation is 2. The number of carbonyl (C=O) groups excluding carboxylic acids is 1. The third-order valence-corrected chi connectivity index (χ3v) is 6.29. The van der Waals surface area contributed by atoms with Gasteiger partial charge in [0.2, 0.25) is 5.78 Å². The van der Waals surface area contributed by atoms with Gasteiger partial charge in [-0.15, -0.1) is 10.2 Å². The molecule has 2 aromatic carbocycles. The van der Waals surface area contributed by atoms with Crippen molar-refractivity contribution in [1.82, 2.24) is 24.5 Å². The van der Waals surface area contributed by atoms with Crippen molar-refractivity contribution in [3.63, 3.8) is 0 Å². The largest absolute Gasteiger partial charge is 0.465 e. The van der Waals surface area contributed by atoms with E-state index in [-0.39, 0.29) is 11.5 Å². The van der Waals surface area contributed by atoms with Gasteiger partial charge in [-0.2, -0.15) is 0 Å². The Morgan fingerprint density at radius 1 is 1.16 bits per heavy atom. The second kappa shape index (κ2) is 7.56. The lowest BCUT2D eigenvalue weighted by molar-refractivity contribution is -0.151. The summed E-state index contributed by atoms with van der Waals surface area (Å²) in [6, 6.07) is 13.8. The van der Waals surface area contributed by atoms with Gasteiger partial charge in [0.05, 0.1) is 24.1 Å². The molecule has 0 bridgehead atoms. The second-order valence-corrected chi connectivity index (χ2v) is 8.41. The molecule has 1 aliphatic carbocycles. The fourth-order valence-corrected chi connectivity index (χ4v) is 4.65. The number of hydrogen-bond acceptors (Lipinski definition) is 6. The van der Waals surface area contributed by atoms with E-state index in [0.29, 0.717) is 43.0 Å². The van der Waals surface area contributed by atoms with E-state index < -0.39 is 5.54 Å². The maximum absolute atomic E-state index is 13.0. The molecule has 164 valence electrons. The molecular formula is C24H25N5O3. The number of hydrogen-bond donors (Lipinski definition) is 1. The third kappa shape index (κ3) is 3.10. The van der Waals surface area contributed by atoms with Crippen LogP contribution in [-0.4, -0.2) is 37.3 Å². The first-order chi connectivity index (χ1) is 15.4. The fourth-order valence-electron chi connectivity index (χ4n) is 4.65. The van der Waals surface area contributed by atoms with Crippen LogP contribution in [0.3, 0.4) is 0 Å². The van der Waals surface area contributed by atoms with Crippen LogP contribution in [-0.2, 0) is 36.0 Å². The molecule has 5 rings (SSSR count). The Bertz CT molecular complexity index is 1390. The molecule has 0 spiro atoms. The summed E-state index contributed by atoms with van der Waals surface area (Å²) >= 11 is 0. The summed E-state index contributed by atoms with van der Waals surface area (Å²) in [6.45, 7) is 4.39. The summed E-state index contributed by atoms with van der Waals surface area (Å²) in [6.07, 6.45) is 1.11. The van der Waals surface area contributed by atoms with Crippen LogP contribution in [0.4, 0.5) is 0 Å². The van der Waals surface area contributed by atoms with Gasteiger partial charge in [0.1, 0.15) is 5.54 Å². The number of carbonyl (C=O) groups is 1. The lowest BCUT2D eigenvalue weighted by atomic mass is 9.95. The number of benzene rings is 2. The molecule has 2 aromatic heterocycles. The maximum atomic E-state index is 13.0. The predicted octanol–water partition coefficient (Wildman–Crippen LogP) is 2.08. The third-order valence-electron chi connectivity index (χ3n) is 6.29. The first-order valence-electron chi connectivity index (χ1n) is 10.8. The van der Waals surface area contributed by atoms with Crippen molar-refractivity contribution < 1.29 is 9.53 Å². The Kier molecular flexibility index (Phi) is 4.82. The summed E-state index contributed by atoms with van der Waals surface area (Å²) < 4.78 is 8.83. The average molecular weight is 431 g/mol. The zero-order chi connectivity index (χ0) is 22.5. The number of rotatable bonds is 5. The van der Waals surface area contributed by atoms with E-state index >= 15 is 0 Å². The van der Waals surface area contributed by atoms with E-state index in [1.165, 1.54) is 4.57 Å². The second-order valence-electron chi connectivity index (χ2n) is 8.41. The number of ether oxygens (including phenoxy) is 1. The summed E-state index contributed by atoms with van der Waals surface area (Å²) in [5.74, 6) is 0.824. The van der Waals surface area contributed by atoms with Crippen LogP contribution in [0, 0.1) is 6.92 Å². The van der Waals surface area contributed by atoms with Crippen molar-refractivity contribution in [3.05, 3.63) is 75.3 Å². The van der Waals surface area contributed by atoms with Crippen LogP contribution in [0.5, 0.6) is 0 Å². The zero-order valence-corrected chi connectivity index (χ0v) is 18.4. The highest BCUT2D eigenvalue weighted by Gasteiger charge is 2.45. The van der Waals surface area contributed by atoms with Crippen LogP contribution in [0.15, 0.2) is 47.3 Å². The number of fused-ring (bicyclic) bond motifs is 4. The molecule has 2 heterocycles. The van der Waals surface area contributed by atoms with E-state index in [0.717, 1.165) is 22.2 Å². The Morgan fingerprint density at radius 3 is 2.56 bits per heavy atom. The van der Waals surface area contributed by atoms with E-state index in [4.69, 9.17) is 4.74 Å². The molecule has 1 N–H and O–H groups in total. The monoisotopic (exact) mass is 431 g/mol. The quantitative estimate of drug-likeness (QED) is 0.487. The normalized spacial score (nSPS) is 14.7. The summed E-state index contributed by atoms with van der Waals surface area (Å²) in [5, 5.41) is 12.7. The summed E-state index contributed by atoms with van der Waals surface area (Å²) in [7, 11) is 1.69. The van der Waals surface area contributed by atoms with Gasteiger partial charge >= 0.3 is 5.97 Å². The Morgan fingerprint density at radius 2 is 1.88 bits per heavy atom. The van der Waals surface area contributed by atoms with E-state index in [1.54, 1.807) is 7.05 Å². The molecule has 0 amide bonds. The lowest BCUT2D eigenvalue weighted by Gasteiger charge is -2.27. The Hall–Kier alpha value is -3.52. The molecular weight excluding hydrogens is 406 g/mol. The minimum absolute atomic E-state index is 0.114. The van der Waals surface area contributed by atoms with Gasteiger partial charge in [-0.1, -0.05) is 35.9 Å². The fraction of sp³-hybridized carbons (Fsp3) is 0.333. The standard InChI is InChI=1S/C24H25N5O3/c1-4-32-22(31)24(12-16-7-5-6-8-17(16)13-24)25-14-20-26-27-23-28(3)21(30)18-11-15(2)9-10-19(18)29(20)23/h5-11,25H,4,12-14H2,1-3H3. The van der Waals surface area contributed by atoms with E-state index in [1.807, 2.05) is 48.6 Å². The Labute approximate surface area is 184 Å². The number of nitrogens with zero attached hydrogens (tertiary/aromatic N) is 4. The van der Waals surface area contributed by atoms with Gasteiger partial charge in [-0.25, -0.2) is 0 Å². The molecule has 0 aliphatic heterocycles. The van der Waals surface area contributed by atoms with E-state index in [9.17, 15) is 9.59 Å². The van der Waals surface area contributed by atoms with Gasteiger partial charge in [0.15, 0.2) is 5.82 Å². The maximum Gasteiger partial charge on any atom is 0.327 e. The highest BCUT2D eigenvalue weighted by atomic mass is 16.5. The van der Waals surface area contributed by atoms with E-state index in [2.05, 4.69) is 27.6 Å². The van der Waals surface area contributed by atoms with Gasteiger partial charge in [-0.3, -0.25) is 23.9 Å². The number of aromatic nitrogens is 4. The van der Waals surface area contributed by atoms with Crippen molar-refractivity contribution >= 4 is 22.6 Å². The van der Waals surface area contributed by atoms with Crippen LogP contribution in [0.1, 0.15) is 29.4 Å². The smallest absolute Gasteiger partial charge is 0.327 e. The van der Waals surface area contributed by atoms with Crippen LogP contribution in [0.25, 0.3) is 16.7 Å². The summed E-state index contributed by atoms with van der Waals surface area (Å²) in [4.78, 5) is 25.8. The SMILES string of the molecule is CCOC(=O)C1(NCc2nnc3n(C)c(=O)c4cc(C)ccc4n23)Cc2ccccc2C1. The molecule has 0 unspecified atom stereocenters. The number of nitrogens with one attached hydrogen (secondary N) is 1. The van der Waals surface area contributed by atoms with Crippen molar-refractivity contribution in [1.29, 1.82) is 0 Å². The average Bonchev–Trinajstić information content (AvgIpc) is 3.38. The van der Waals surface area contributed by atoms with Crippen LogP contribution >= 0.6 is 0 Å². The zero-order valence-electron chi connectivity index (χ0n) is 18.4.